The molecule has 0 radical (unpaired) electrons. The van der Waals surface area contributed by atoms with Gasteiger partial charge in [0.15, 0.2) is 5.96 Å². The first kappa shape index (κ1) is 24.5. The summed E-state index contributed by atoms with van der Waals surface area (Å²) in [6, 6.07) is 20.7. The van der Waals surface area contributed by atoms with Gasteiger partial charge in [-0.1, -0.05) is 48.5 Å². The van der Waals surface area contributed by atoms with E-state index in [-0.39, 0.29) is 29.9 Å². The van der Waals surface area contributed by atoms with Crippen molar-refractivity contribution in [3.63, 3.8) is 0 Å². The Bertz CT molecular complexity index is 788. The topological polar surface area (TPSA) is 56.7 Å². The van der Waals surface area contributed by atoms with E-state index in [0.29, 0.717) is 12.3 Å². The largest absolute Gasteiger partial charge is 0.356 e. The molecular weight excluding hydrogens is 507 g/mol. The summed E-state index contributed by atoms with van der Waals surface area (Å²) in [5.41, 5.74) is 1.28. The van der Waals surface area contributed by atoms with Gasteiger partial charge in [0.2, 0.25) is 5.91 Å². The number of aliphatic imine (C=N–C) groups is 1. The molecule has 1 atom stereocenters. The van der Waals surface area contributed by atoms with E-state index in [0.717, 1.165) is 44.3 Å². The molecule has 0 saturated carbocycles. The Morgan fingerprint density at radius 3 is 2.50 bits per heavy atom. The SMILES string of the molecule is CN=C(NCCSc1ccccc1)NCC1CC(=O)N(CCc2ccccc2)C1.I. The fourth-order valence-corrected chi connectivity index (χ4v) is 4.22. The predicted octanol–water partition coefficient (Wildman–Crippen LogP) is 3.65. The molecule has 162 valence electrons. The number of halogens is 1. The third-order valence-electron chi connectivity index (χ3n) is 5.00. The number of thioether (sulfide) groups is 1. The third-order valence-corrected chi connectivity index (χ3v) is 6.01. The molecule has 2 aromatic rings. The van der Waals surface area contributed by atoms with Crippen LogP contribution in [0.1, 0.15) is 12.0 Å². The minimum Gasteiger partial charge on any atom is -0.356 e. The predicted molar refractivity (Wildman–Crippen MR) is 137 cm³/mol. The molecule has 3 rings (SSSR count). The first-order valence-corrected chi connectivity index (χ1v) is 11.2. The van der Waals surface area contributed by atoms with Gasteiger partial charge in [-0.05, 0) is 24.1 Å². The number of nitrogens with one attached hydrogen (secondary N) is 2. The van der Waals surface area contributed by atoms with Gasteiger partial charge in [-0.25, -0.2) is 0 Å². The van der Waals surface area contributed by atoms with Crippen molar-refractivity contribution in [3.05, 3.63) is 66.2 Å². The van der Waals surface area contributed by atoms with E-state index in [2.05, 4.69) is 52.0 Å². The lowest BCUT2D eigenvalue weighted by Gasteiger charge is -2.18. The molecule has 0 spiro atoms. The molecule has 1 unspecified atom stereocenters. The molecule has 1 fully saturated rings. The number of benzene rings is 2. The van der Waals surface area contributed by atoms with Crippen molar-refractivity contribution in [3.8, 4) is 0 Å². The first-order valence-electron chi connectivity index (χ1n) is 10.2. The number of carbonyl (C=O) groups excluding carboxylic acids is 1. The molecule has 1 saturated heterocycles. The van der Waals surface area contributed by atoms with Gasteiger partial charge in [0.1, 0.15) is 0 Å². The zero-order chi connectivity index (χ0) is 20.3. The van der Waals surface area contributed by atoms with Crippen LogP contribution in [0.3, 0.4) is 0 Å². The molecule has 1 heterocycles. The summed E-state index contributed by atoms with van der Waals surface area (Å²) < 4.78 is 0. The Morgan fingerprint density at radius 1 is 1.10 bits per heavy atom. The number of hydrogen-bond donors (Lipinski definition) is 2. The van der Waals surface area contributed by atoms with Crippen LogP contribution in [0.15, 0.2) is 70.6 Å². The maximum Gasteiger partial charge on any atom is 0.223 e. The number of hydrogen-bond acceptors (Lipinski definition) is 3. The second-order valence-corrected chi connectivity index (χ2v) is 8.36. The van der Waals surface area contributed by atoms with Crippen LogP contribution >= 0.6 is 35.7 Å². The molecule has 30 heavy (non-hydrogen) atoms. The second kappa shape index (κ2) is 13.5. The monoisotopic (exact) mass is 538 g/mol. The molecule has 0 bridgehead atoms. The van der Waals surface area contributed by atoms with Gasteiger partial charge in [0.25, 0.3) is 0 Å². The average molecular weight is 538 g/mol. The van der Waals surface area contributed by atoms with Crippen molar-refractivity contribution in [2.45, 2.75) is 17.7 Å². The quantitative estimate of drug-likeness (QED) is 0.168. The van der Waals surface area contributed by atoms with Crippen molar-refractivity contribution in [2.75, 3.05) is 39.0 Å². The number of guanidine groups is 1. The highest BCUT2D eigenvalue weighted by Crippen LogP contribution is 2.18. The fraction of sp³-hybridized carbons (Fsp3) is 0.391. The highest BCUT2D eigenvalue weighted by Gasteiger charge is 2.29. The molecule has 2 aromatic carbocycles. The van der Waals surface area contributed by atoms with Gasteiger partial charge < -0.3 is 15.5 Å². The summed E-state index contributed by atoms with van der Waals surface area (Å²) in [7, 11) is 1.78. The van der Waals surface area contributed by atoms with Crippen LogP contribution in [0.2, 0.25) is 0 Å². The van der Waals surface area contributed by atoms with Gasteiger partial charge in [-0.15, -0.1) is 35.7 Å². The lowest BCUT2D eigenvalue weighted by Crippen LogP contribution is -2.41. The minimum absolute atomic E-state index is 0. The van der Waals surface area contributed by atoms with Gasteiger partial charge in [-0.2, -0.15) is 0 Å². The maximum atomic E-state index is 12.3. The van der Waals surface area contributed by atoms with Gasteiger partial charge in [0, 0.05) is 56.2 Å². The second-order valence-electron chi connectivity index (χ2n) is 7.19. The minimum atomic E-state index is 0. The Kier molecular flexibility index (Phi) is 11.1. The van der Waals surface area contributed by atoms with Crippen LogP contribution in [0.4, 0.5) is 0 Å². The van der Waals surface area contributed by atoms with Crippen LogP contribution in [-0.4, -0.2) is 55.7 Å². The number of amides is 1. The molecule has 7 heteroatoms. The zero-order valence-electron chi connectivity index (χ0n) is 17.4. The molecule has 1 aliphatic rings. The van der Waals surface area contributed by atoms with Gasteiger partial charge in [-0.3, -0.25) is 9.79 Å². The lowest BCUT2D eigenvalue weighted by atomic mass is 10.1. The molecule has 0 aromatic heterocycles. The van der Waals surface area contributed by atoms with Crippen molar-refractivity contribution in [1.82, 2.24) is 15.5 Å². The number of rotatable bonds is 9. The highest BCUT2D eigenvalue weighted by molar-refractivity contribution is 14.0. The number of nitrogens with zero attached hydrogens (tertiary/aromatic N) is 2. The zero-order valence-corrected chi connectivity index (χ0v) is 20.6. The van der Waals surface area contributed by atoms with Crippen LogP contribution in [0.5, 0.6) is 0 Å². The van der Waals surface area contributed by atoms with E-state index < -0.39 is 0 Å². The molecular formula is C23H31IN4OS. The van der Waals surface area contributed by atoms with E-state index in [1.165, 1.54) is 10.5 Å². The summed E-state index contributed by atoms with van der Waals surface area (Å²) >= 11 is 1.82. The summed E-state index contributed by atoms with van der Waals surface area (Å²) in [5, 5.41) is 6.73. The van der Waals surface area contributed by atoms with Crippen LogP contribution in [0.25, 0.3) is 0 Å². The molecule has 5 nitrogen and oxygen atoms in total. The van der Waals surface area contributed by atoms with Crippen LogP contribution < -0.4 is 10.6 Å². The lowest BCUT2D eigenvalue weighted by molar-refractivity contribution is -0.127. The summed E-state index contributed by atoms with van der Waals surface area (Å²) in [4.78, 5) is 19.9. The van der Waals surface area contributed by atoms with E-state index in [4.69, 9.17) is 0 Å². The van der Waals surface area contributed by atoms with Crippen molar-refractivity contribution < 1.29 is 4.79 Å². The Morgan fingerprint density at radius 2 is 1.80 bits per heavy atom. The number of carbonyl (C=O) groups is 1. The molecule has 1 aliphatic heterocycles. The first-order chi connectivity index (χ1) is 14.2. The standard InChI is InChI=1S/C23H30N4OS.HI/c1-24-23(25-13-15-29-21-10-6-3-7-11-21)26-17-20-16-22(28)27(18-20)14-12-19-8-4-2-5-9-19;/h2-11,20H,12-18H2,1H3,(H2,24,25,26);1H. The summed E-state index contributed by atoms with van der Waals surface area (Å²) in [6.07, 6.45) is 1.53. The van der Waals surface area contributed by atoms with E-state index in [1.54, 1.807) is 7.05 Å². The Balaban J connectivity index is 0.00000320. The van der Waals surface area contributed by atoms with Gasteiger partial charge in [0.05, 0.1) is 0 Å². The Hall–Kier alpha value is -1.74. The normalized spacial score (nSPS) is 16.3. The van der Waals surface area contributed by atoms with E-state index >= 15 is 0 Å². The number of likely N-dealkylation sites (tertiary alicyclic amines) is 1. The Labute approximate surface area is 201 Å². The smallest absolute Gasteiger partial charge is 0.223 e. The molecule has 1 amide bonds. The van der Waals surface area contributed by atoms with Crippen LogP contribution in [-0.2, 0) is 11.2 Å². The van der Waals surface area contributed by atoms with E-state index in [1.807, 2.05) is 40.9 Å². The van der Waals surface area contributed by atoms with E-state index in [9.17, 15) is 4.79 Å². The molecule has 0 aliphatic carbocycles. The third kappa shape index (κ3) is 8.18. The highest BCUT2D eigenvalue weighted by atomic mass is 127. The van der Waals surface area contributed by atoms with Crippen LogP contribution in [0, 0.1) is 5.92 Å². The maximum absolute atomic E-state index is 12.3. The summed E-state index contributed by atoms with van der Waals surface area (Å²) in [6.45, 7) is 3.22. The molecule has 2 N–H and O–H groups in total. The van der Waals surface area contributed by atoms with Crippen molar-refractivity contribution >= 4 is 47.6 Å². The van der Waals surface area contributed by atoms with Gasteiger partial charge >= 0.3 is 0 Å². The average Bonchev–Trinajstić information content (AvgIpc) is 3.12. The fourth-order valence-electron chi connectivity index (χ4n) is 3.43. The van der Waals surface area contributed by atoms with Crippen molar-refractivity contribution in [2.24, 2.45) is 10.9 Å². The van der Waals surface area contributed by atoms with Crippen molar-refractivity contribution in [1.29, 1.82) is 0 Å². The summed E-state index contributed by atoms with van der Waals surface area (Å²) in [5.74, 6) is 2.36.